The highest BCUT2D eigenvalue weighted by Gasteiger charge is 2.26. The number of phosphoric ester groups is 1. The first-order valence-corrected chi connectivity index (χ1v) is 19.0. The van der Waals surface area contributed by atoms with Crippen LogP contribution in [0.25, 0.3) is 0 Å². The number of unbranched alkanes of at least 4 members (excludes halogenated alkanes) is 9. The van der Waals surface area contributed by atoms with Crippen molar-refractivity contribution in [2.75, 3.05) is 26.4 Å². The maximum Gasteiger partial charge on any atom is 0.527 e. The van der Waals surface area contributed by atoms with E-state index in [4.69, 9.17) is 23.3 Å². The first-order valence-electron chi connectivity index (χ1n) is 16.5. The van der Waals surface area contributed by atoms with E-state index >= 15 is 0 Å². The molecule has 1 heterocycles. The van der Waals surface area contributed by atoms with Crippen molar-refractivity contribution in [2.24, 2.45) is 0 Å². The number of hydrogen-bond donors (Lipinski definition) is 1. The van der Waals surface area contributed by atoms with Crippen LogP contribution in [0.4, 0.5) is 0 Å². The Morgan fingerprint density at radius 3 is 2.22 bits per heavy atom. The van der Waals surface area contributed by atoms with E-state index in [2.05, 4.69) is 6.92 Å². The van der Waals surface area contributed by atoms with Crippen LogP contribution in [0.5, 0.6) is 17.2 Å². The lowest BCUT2D eigenvalue weighted by Crippen LogP contribution is -2.30. The molecule has 0 aliphatic rings. The van der Waals surface area contributed by atoms with Crippen molar-refractivity contribution < 1.29 is 37.3 Å². The van der Waals surface area contributed by atoms with Gasteiger partial charge in [-0.25, -0.2) is 4.57 Å². The van der Waals surface area contributed by atoms with Gasteiger partial charge in [0.2, 0.25) is 5.51 Å². The molecule has 3 rings (SSSR count). The summed E-state index contributed by atoms with van der Waals surface area (Å²) in [6.45, 7) is 8.00. The van der Waals surface area contributed by atoms with Crippen molar-refractivity contribution in [3.8, 4) is 17.2 Å². The van der Waals surface area contributed by atoms with Crippen LogP contribution in [-0.2, 0) is 20.4 Å². The lowest BCUT2D eigenvalue weighted by Gasteiger charge is -2.21. The molecular formula is C35H53NO7PS+. The molecule has 2 aromatic carbocycles. The molecule has 0 bridgehead atoms. The molecule has 0 amide bonds. The van der Waals surface area contributed by atoms with Gasteiger partial charge in [-0.2, -0.15) is 4.57 Å². The zero-order chi connectivity index (χ0) is 32.2. The molecule has 0 aliphatic heterocycles. The van der Waals surface area contributed by atoms with Crippen molar-refractivity contribution in [3.05, 3.63) is 70.7 Å². The van der Waals surface area contributed by atoms with E-state index < -0.39 is 13.9 Å². The second-order valence-electron chi connectivity index (χ2n) is 11.4. The minimum atomic E-state index is -4.40. The number of nitrogens with zero attached hydrogens (tertiary/aromatic N) is 1. The normalized spacial score (nSPS) is 13.3. The fourth-order valence-electron chi connectivity index (χ4n) is 4.89. The summed E-state index contributed by atoms with van der Waals surface area (Å²) in [7, 11) is -4.40. The fourth-order valence-corrected chi connectivity index (χ4v) is 6.28. The number of phosphoric acid groups is 1. The third kappa shape index (κ3) is 15.1. The Balaban J connectivity index is 1.42. The van der Waals surface area contributed by atoms with Crippen LogP contribution in [0.3, 0.4) is 0 Å². The quantitative estimate of drug-likeness (QED) is 0.0550. The summed E-state index contributed by atoms with van der Waals surface area (Å²) in [6.07, 6.45) is 15.1. The van der Waals surface area contributed by atoms with E-state index in [9.17, 15) is 9.46 Å². The van der Waals surface area contributed by atoms with Gasteiger partial charge in [0, 0.05) is 17.7 Å². The monoisotopic (exact) mass is 662 g/mol. The van der Waals surface area contributed by atoms with Crippen molar-refractivity contribution in [1.29, 1.82) is 0 Å². The molecule has 0 aliphatic carbocycles. The molecule has 8 nitrogen and oxygen atoms in total. The average Bonchev–Trinajstić information content (AvgIpc) is 3.53. The van der Waals surface area contributed by atoms with Crippen molar-refractivity contribution in [2.45, 2.75) is 104 Å². The second kappa shape index (κ2) is 21.4. The van der Waals surface area contributed by atoms with Gasteiger partial charge in [0.25, 0.3) is 0 Å². The lowest BCUT2D eigenvalue weighted by molar-refractivity contribution is -0.683. The number of thiazole rings is 1. The van der Waals surface area contributed by atoms with Crippen LogP contribution in [0.2, 0.25) is 0 Å². The van der Waals surface area contributed by atoms with E-state index in [-0.39, 0.29) is 19.0 Å². The molecule has 1 aromatic heterocycles. The lowest BCUT2D eigenvalue weighted by atomic mass is 10.1. The Bertz CT molecular complexity index is 1260. The van der Waals surface area contributed by atoms with Gasteiger partial charge in [-0.3, -0.25) is 9.42 Å². The average molecular weight is 663 g/mol. The van der Waals surface area contributed by atoms with Crippen LogP contribution in [0.15, 0.2) is 59.6 Å². The summed E-state index contributed by atoms with van der Waals surface area (Å²) in [5.74, 6) is 1.75. The maximum absolute atomic E-state index is 12.8. The molecule has 3 aromatic rings. The highest BCUT2D eigenvalue weighted by atomic mass is 32.1. The SMILES string of the molecule is CCCCCCCCCCCCOc1cccc(OCC(COP(=O)(O)Oc2cccc(C[n+]3ccsc3)c2)OCCC)c1C. The molecule has 1 N–H and O–H groups in total. The smallest absolute Gasteiger partial charge is 0.493 e. The molecule has 0 radical (unpaired) electrons. The number of rotatable bonds is 25. The molecular weight excluding hydrogens is 609 g/mol. The summed E-state index contributed by atoms with van der Waals surface area (Å²) in [6, 6.07) is 12.9. The first-order chi connectivity index (χ1) is 21.9. The second-order valence-corrected chi connectivity index (χ2v) is 13.5. The number of aromatic nitrogens is 1. The number of benzene rings is 2. The zero-order valence-electron chi connectivity index (χ0n) is 27.4. The van der Waals surface area contributed by atoms with Crippen LogP contribution in [0, 0.1) is 6.92 Å². The van der Waals surface area contributed by atoms with Gasteiger partial charge in [0.1, 0.15) is 30.0 Å². The third-order valence-corrected chi connectivity index (χ3v) is 9.00. The fraction of sp³-hybridized carbons (Fsp3) is 0.571. The van der Waals surface area contributed by atoms with Crippen LogP contribution in [0.1, 0.15) is 95.6 Å². The topological polar surface area (TPSA) is 87.3 Å². The van der Waals surface area contributed by atoms with Crippen LogP contribution >= 0.6 is 19.2 Å². The first kappa shape index (κ1) is 37.0. The van der Waals surface area contributed by atoms with Gasteiger partial charge in [0.15, 0.2) is 12.7 Å². The minimum absolute atomic E-state index is 0.149. The maximum atomic E-state index is 12.8. The molecule has 0 saturated heterocycles. The predicted octanol–water partition coefficient (Wildman–Crippen LogP) is 9.06. The molecule has 0 spiro atoms. The predicted molar refractivity (Wildman–Crippen MR) is 181 cm³/mol. The van der Waals surface area contributed by atoms with Crippen molar-refractivity contribution in [1.82, 2.24) is 0 Å². The van der Waals surface area contributed by atoms with Crippen molar-refractivity contribution >= 4 is 19.2 Å². The molecule has 250 valence electrons. The Morgan fingerprint density at radius 2 is 1.53 bits per heavy atom. The summed E-state index contributed by atoms with van der Waals surface area (Å²) < 4.78 is 43.6. The third-order valence-electron chi connectivity index (χ3n) is 7.41. The highest BCUT2D eigenvalue weighted by Crippen LogP contribution is 2.44. The summed E-state index contributed by atoms with van der Waals surface area (Å²) in [5, 5.41) is 1.99. The van der Waals surface area contributed by atoms with Gasteiger partial charge in [-0.05, 0) is 44.0 Å². The van der Waals surface area contributed by atoms with E-state index in [1.54, 1.807) is 29.5 Å². The Labute approximate surface area is 274 Å². The highest BCUT2D eigenvalue weighted by molar-refractivity contribution is 7.47. The Morgan fingerprint density at radius 1 is 0.844 bits per heavy atom. The van der Waals surface area contributed by atoms with Crippen LogP contribution in [-0.4, -0.2) is 37.4 Å². The summed E-state index contributed by atoms with van der Waals surface area (Å²) >= 11 is 1.60. The molecule has 45 heavy (non-hydrogen) atoms. The number of hydrogen-bond acceptors (Lipinski definition) is 7. The molecule has 2 atom stereocenters. The van der Waals surface area contributed by atoms with E-state index in [1.165, 1.54) is 57.8 Å². The Hall–Kier alpha value is -2.42. The van der Waals surface area contributed by atoms with Gasteiger partial charge in [-0.15, -0.1) is 0 Å². The van der Waals surface area contributed by atoms with Gasteiger partial charge >= 0.3 is 7.82 Å². The minimum Gasteiger partial charge on any atom is -0.493 e. The van der Waals surface area contributed by atoms with Gasteiger partial charge in [-0.1, -0.05) is 101 Å². The van der Waals surface area contributed by atoms with E-state index in [0.717, 1.165) is 29.7 Å². The standard InChI is InChI=1S/C35H52NO7PS/c1-4-6-7-8-9-10-11-12-13-14-23-40-34-19-16-20-35(30(34)3)41-27-33(39-22-5-2)28-42-44(37,38)43-32-18-15-17-31(25-32)26-36-21-24-45-29-36/h15-21,24-25,29,33H,4-14,22-23,26-28H2,1-3H3/p+1. The molecule has 0 saturated carbocycles. The van der Waals surface area contributed by atoms with Crippen LogP contribution < -0.4 is 18.6 Å². The molecule has 0 fully saturated rings. The van der Waals surface area contributed by atoms with E-state index in [1.807, 2.05) is 59.8 Å². The molecule has 10 heteroatoms. The van der Waals surface area contributed by atoms with Crippen molar-refractivity contribution in [3.63, 3.8) is 0 Å². The summed E-state index contributed by atoms with van der Waals surface area (Å²) in [4.78, 5) is 10.5. The Kier molecular flexibility index (Phi) is 17.6. The summed E-state index contributed by atoms with van der Waals surface area (Å²) in [5.41, 5.74) is 3.85. The van der Waals surface area contributed by atoms with Gasteiger partial charge in [0.05, 0.1) is 18.6 Å². The largest absolute Gasteiger partial charge is 0.527 e. The van der Waals surface area contributed by atoms with E-state index in [0.29, 0.717) is 25.5 Å². The zero-order valence-corrected chi connectivity index (χ0v) is 29.1. The molecule has 2 unspecified atom stereocenters. The number of ether oxygens (including phenoxy) is 3. The van der Waals surface area contributed by atoms with Gasteiger partial charge < -0.3 is 18.7 Å².